The Kier molecular flexibility index (Phi) is 5.30. The third kappa shape index (κ3) is 4.23. The first-order chi connectivity index (χ1) is 13.7. The number of phenols is 1. The van der Waals surface area contributed by atoms with Gasteiger partial charge in [0.05, 0.1) is 21.8 Å². The maximum Gasteiger partial charge on any atom is 0.221 e. The molecule has 1 amide bonds. The maximum atomic E-state index is 11.7. The van der Waals surface area contributed by atoms with Crippen LogP contribution in [0.5, 0.6) is 5.75 Å². The molecule has 29 heavy (non-hydrogen) atoms. The molecule has 3 aromatic rings. The zero-order chi connectivity index (χ0) is 21.2. The number of rotatable bonds is 4. The first-order valence-corrected chi connectivity index (χ1v) is 10.3. The molecule has 0 radical (unpaired) electrons. The maximum absolute atomic E-state index is 11.7. The van der Waals surface area contributed by atoms with Crippen LogP contribution in [-0.4, -0.2) is 25.7 Å². The van der Waals surface area contributed by atoms with Gasteiger partial charge in [-0.2, -0.15) is 5.26 Å². The molecule has 0 atom stereocenters. The van der Waals surface area contributed by atoms with Crippen LogP contribution >= 0.6 is 0 Å². The minimum atomic E-state index is -3.46. The van der Waals surface area contributed by atoms with Crippen LogP contribution in [0.25, 0.3) is 10.8 Å². The number of amides is 1. The Morgan fingerprint density at radius 3 is 2.34 bits per heavy atom. The number of aromatic hydroxyl groups is 1. The van der Waals surface area contributed by atoms with Crippen LogP contribution in [0, 0.1) is 11.3 Å². The van der Waals surface area contributed by atoms with Crippen molar-refractivity contribution in [3.05, 3.63) is 54.1 Å². The van der Waals surface area contributed by atoms with Gasteiger partial charge in [0.1, 0.15) is 17.5 Å². The molecule has 0 aromatic heterocycles. The number of fused-ring (bicyclic) bond motifs is 1. The summed E-state index contributed by atoms with van der Waals surface area (Å²) in [6.45, 7) is 1.32. The number of carbonyl (C=O) groups is 1. The van der Waals surface area contributed by atoms with Gasteiger partial charge < -0.3 is 10.4 Å². The summed E-state index contributed by atoms with van der Waals surface area (Å²) >= 11 is 0. The summed E-state index contributed by atoms with van der Waals surface area (Å²) in [5.41, 5.74) is 0.788. The lowest BCUT2D eigenvalue weighted by Crippen LogP contribution is -2.05. The number of nitrogens with zero attached hydrogens (tertiary/aromatic N) is 3. The number of nitriles is 1. The van der Waals surface area contributed by atoms with E-state index in [9.17, 15) is 23.6 Å². The van der Waals surface area contributed by atoms with E-state index in [4.69, 9.17) is 0 Å². The minimum absolute atomic E-state index is 0.0102. The number of azo groups is 1. The molecule has 0 unspecified atom stereocenters. The van der Waals surface area contributed by atoms with Crippen molar-refractivity contribution in [1.82, 2.24) is 0 Å². The van der Waals surface area contributed by atoms with Gasteiger partial charge in [0, 0.05) is 24.0 Å². The van der Waals surface area contributed by atoms with Crippen molar-refractivity contribution in [2.45, 2.75) is 11.8 Å². The van der Waals surface area contributed by atoms with E-state index in [0.29, 0.717) is 16.5 Å². The largest absolute Gasteiger partial charge is 0.505 e. The highest BCUT2D eigenvalue weighted by Gasteiger charge is 2.13. The van der Waals surface area contributed by atoms with Crippen LogP contribution in [0.4, 0.5) is 17.1 Å². The second-order valence-corrected chi connectivity index (χ2v) is 8.30. The lowest BCUT2D eigenvalue weighted by atomic mass is 10.1. The molecule has 0 heterocycles. The van der Waals surface area contributed by atoms with Crippen molar-refractivity contribution in [2.24, 2.45) is 10.2 Å². The van der Waals surface area contributed by atoms with Crippen molar-refractivity contribution in [2.75, 3.05) is 11.6 Å². The van der Waals surface area contributed by atoms with Gasteiger partial charge in [0.15, 0.2) is 9.84 Å². The molecule has 0 saturated heterocycles. The highest BCUT2D eigenvalue weighted by Crippen LogP contribution is 2.40. The fourth-order valence-corrected chi connectivity index (χ4v) is 3.39. The highest BCUT2D eigenvalue weighted by molar-refractivity contribution is 7.90. The smallest absolute Gasteiger partial charge is 0.221 e. The van der Waals surface area contributed by atoms with Gasteiger partial charge in [-0.1, -0.05) is 24.3 Å². The fraction of sp³-hybridized carbons (Fsp3) is 0.100. The molecule has 8 nitrogen and oxygen atoms in total. The van der Waals surface area contributed by atoms with Crippen LogP contribution in [0.2, 0.25) is 0 Å². The van der Waals surface area contributed by atoms with Crippen LogP contribution in [0.3, 0.4) is 0 Å². The number of sulfone groups is 1. The van der Waals surface area contributed by atoms with E-state index in [1.807, 2.05) is 6.07 Å². The lowest BCUT2D eigenvalue weighted by molar-refractivity contribution is -0.114. The Labute approximate surface area is 167 Å². The molecule has 0 aliphatic rings. The van der Waals surface area contributed by atoms with E-state index >= 15 is 0 Å². The summed E-state index contributed by atoms with van der Waals surface area (Å²) in [6.07, 6.45) is 1.05. The van der Waals surface area contributed by atoms with Crippen molar-refractivity contribution in [3.63, 3.8) is 0 Å². The third-order valence-corrected chi connectivity index (χ3v) is 5.20. The monoisotopic (exact) mass is 408 g/mol. The van der Waals surface area contributed by atoms with E-state index in [1.54, 1.807) is 24.3 Å². The molecule has 0 aliphatic carbocycles. The molecule has 146 valence electrons. The van der Waals surface area contributed by atoms with Gasteiger partial charge in [-0.3, -0.25) is 4.79 Å². The van der Waals surface area contributed by atoms with Crippen LogP contribution < -0.4 is 5.32 Å². The van der Waals surface area contributed by atoms with Crippen LogP contribution in [-0.2, 0) is 14.6 Å². The number of anilines is 1. The van der Waals surface area contributed by atoms with Gasteiger partial charge in [-0.25, -0.2) is 8.42 Å². The highest BCUT2D eigenvalue weighted by atomic mass is 32.2. The quantitative estimate of drug-likeness (QED) is 0.493. The predicted octanol–water partition coefficient (Wildman–Crippen LogP) is 4.19. The molecule has 3 rings (SSSR count). The van der Waals surface area contributed by atoms with Gasteiger partial charge >= 0.3 is 0 Å². The van der Waals surface area contributed by atoms with Crippen LogP contribution in [0.15, 0.2) is 63.7 Å². The molecule has 0 fully saturated rings. The van der Waals surface area contributed by atoms with E-state index < -0.39 is 9.84 Å². The zero-order valence-corrected chi connectivity index (χ0v) is 16.4. The van der Waals surface area contributed by atoms with Crippen molar-refractivity contribution < 1.29 is 18.3 Å². The molecule has 9 heteroatoms. The predicted molar refractivity (Wildman–Crippen MR) is 108 cm³/mol. The summed E-state index contributed by atoms with van der Waals surface area (Å²) in [5.74, 6) is -0.452. The molecule has 0 aliphatic heterocycles. The average molecular weight is 408 g/mol. The molecule has 0 bridgehead atoms. The Bertz CT molecular complexity index is 1310. The van der Waals surface area contributed by atoms with E-state index in [-0.39, 0.29) is 33.5 Å². The standard InChI is InChI=1S/C20H16N4O4S/c1-12(25)22-19-10-18(15-5-3-4-6-16(15)20(19)26)24-23-17-8-7-14(29(2,27)28)9-13(17)11-21/h3-10,26H,1-2H3,(H,22,25)/b24-23+. The number of hydrogen-bond acceptors (Lipinski definition) is 7. The van der Waals surface area contributed by atoms with Gasteiger partial charge in [-0.05, 0) is 24.3 Å². The fourth-order valence-electron chi connectivity index (χ4n) is 2.74. The number of phenolic OH excluding ortho intramolecular Hbond substituents is 1. The summed E-state index contributed by atoms with van der Waals surface area (Å²) < 4.78 is 23.3. The van der Waals surface area contributed by atoms with Crippen molar-refractivity contribution in [1.29, 1.82) is 5.26 Å². The molecule has 0 saturated carbocycles. The lowest BCUT2D eigenvalue weighted by Gasteiger charge is -2.10. The van der Waals surface area contributed by atoms with Gasteiger partial charge in [0.2, 0.25) is 5.91 Å². The second kappa shape index (κ2) is 7.69. The Hall–Kier alpha value is -3.77. The number of carbonyl (C=O) groups excluding carboxylic acids is 1. The van der Waals surface area contributed by atoms with Crippen LogP contribution in [0.1, 0.15) is 12.5 Å². The average Bonchev–Trinajstić information content (AvgIpc) is 2.68. The minimum Gasteiger partial charge on any atom is -0.505 e. The molecular formula is C20H16N4O4S. The van der Waals surface area contributed by atoms with Gasteiger partial charge in [-0.15, -0.1) is 10.2 Å². The Morgan fingerprint density at radius 2 is 1.72 bits per heavy atom. The van der Waals surface area contributed by atoms with Gasteiger partial charge in [0.25, 0.3) is 0 Å². The molecule has 0 spiro atoms. The van der Waals surface area contributed by atoms with E-state index in [1.165, 1.54) is 31.2 Å². The normalized spacial score (nSPS) is 11.5. The number of benzene rings is 3. The summed E-state index contributed by atoms with van der Waals surface area (Å²) in [6, 6.07) is 14.3. The first-order valence-electron chi connectivity index (χ1n) is 8.39. The second-order valence-electron chi connectivity index (χ2n) is 6.28. The van der Waals surface area contributed by atoms with E-state index in [0.717, 1.165) is 6.26 Å². The van der Waals surface area contributed by atoms with E-state index in [2.05, 4.69) is 15.5 Å². The summed E-state index contributed by atoms with van der Waals surface area (Å²) in [4.78, 5) is 11.4. The van der Waals surface area contributed by atoms with Crippen molar-refractivity contribution in [3.8, 4) is 11.8 Å². The van der Waals surface area contributed by atoms with Crippen molar-refractivity contribution >= 4 is 43.6 Å². The molecular weight excluding hydrogens is 392 g/mol. The SMILES string of the molecule is CC(=O)Nc1cc(/N=N/c2ccc(S(C)(=O)=O)cc2C#N)c2ccccc2c1O. The number of nitrogens with one attached hydrogen (secondary N) is 1. The Morgan fingerprint density at radius 1 is 1.07 bits per heavy atom. The molecule has 2 N–H and O–H groups in total. The number of hydrogen-bond donors (Lipinski definition) is 2. The summed E-state index contributed by atoms with van der Waals surface area (Å²) in [7, 11) is -3.46. The third-order valence-electron chi connectivity index (χ3n) is 4.09. The first kappa shape index (κ1) is 20.0. The molecule has 3 aromatic carbocycles. The topological polar surface area (TPSA) is 132 Å². The Balaban J connectivity index is 2.13. The summed E-state index contributed by atoms with van der Waals surface area (Å²) in [5, 5.41) is 31.6. The zero-order valence-electron chi connectivity index (χ0n) is 15.5.